The summed E-state index contributed by atoms with van der Waals surface area (Å²) >= 11 is 0. The molecule has 0 aliphatic heterocycles. The first-order valence-corrected chi connectivity index (χ1v) is 10.4. The molecule has 0 fully saturated rings. The number of aromatic nitrogens is 4. The molecule has 0 bridgehead atoms. The highest BCUT2D eigenvalue weighted by atomic mass is 32.2. The Morgan fingerprint density at radius 3 is 2.43 bits per heavy atom. The number of carboxylic acid groups (broad SMARTS) is 1. The molecule has 1 aromatic heterocycles. The van der Waals surface area contributed by atoms with Gasteiger partial charge in [-0.15, -0.1) is 5.10 Å². The van der Waals surface area contributed by atoms with Crippen LogP contribution in [0.15, 0.2) is 41.6 Å². The maximum Gasteiger partial charge on any atom is 0.322 e. The number of aliphatic carboxylic acids is 1. The largest absolute Gasteiger partial charge is 0.480 e. The monoisotopic (exact) mass is 433 g/mol. The fourth-order valence-corrected chi connectivity index (χ4v) is 5.13. The summed E-state index contributed by atoms with van der Waals surface area (Å²) in [6.45, 7) is 5.05. The summed E-state index contributed by atoms with van der Waals surface area (Å²) in [5.41, 5.74) is 2.59. The summed E-state index contributed by atoms with van der Waals surface area (Å²) < 4.78 is 43.1. The van der Waals surface area contributed by atoms with E-state index in [1.54, 1.807) is 26.8 Å². The van der Waals surface area contributed by atoms with E-state index in [0.29, 0.717) is 22.4 Å². The van der Waals surface area contributed by atoms with E-state index in [0.717, 1.165) is 5.56 Å². The van der Waals surface area contributed by atoms with Crippen molar-refractivity contribution < 1.29 is 22.7 Å². The fourth-order valence-electron chi connectivity index (χ4n) is 3.47. The molecule has 0 unspecified atom stereocenters. The minimum absolute atomic E-state index is 0.0380. The Labute approximate surface area is 172 Å². The van der Waals surface area contributed by atoms with E-state index in [9.17, 15) is 22.7 Å². The van der Waals surface area contributed by atoms with Gasteiger partial charge in [-0.2, -0.15) is 9.40 Å². The predicted molar refractivity (Wildman–Crippen MR) is 105 cm³/mol. The molecule has 0 saturated carbocycles. The molecule has 11 heteroatoms. The van der Waals surface area contributed by atoms with Gasteiger partial charge in [0, 0.05) is 0 Å². The molecule has 3 rings (SSSR count). The van der Waals surface area contributed by atoms with Crippen LogP contribution in [0.2, 0.25) is 0 Å². The zero-order valence-corrected chi connectivity index (χ0v) is 17.3. The van der Waals surface area contributed by atoms with Crippen LogP contribution in [-0.2, 0) is 21.2 Å². The van der Waals surface area contributed by atoms with Gasteiger partial charge >= 0.3 is 5.97 Å². The molecular formula is C19H20FN5O4S. The van der Waals surface area contributed by atoms with E-state index in [4.69, 9.17) is 0 Å². The number of carboxylic acids is 1. The summed E-state index contributed by atoms with van der Waals surface area (Å²) in [6, 6.07) is 5.45. The zero-order chi connectivity index (χ0) is 22.1. The number of hydrogen-bond acceptors (Lipinski definition) is 6. The topological polar surface area (TPSA) is 127 Å². The van der Waals surface area contributed by atoms with E-state index in [1.807, 2.05) is 0 Å². The second-order valence-electron chi connectivity index (χ2n) is 6.91. The number of sulfonamides is 1. The standard InChI is InChI=1S/C19H20FN5O4S/c1-11-8-12(2)18(13(3)17(11)25-10-21-23-24-25)30(28,29)22-16(19(26)27)9-14-4-6-15(20)7-5-14/h4-8,10,16,22H,9H2,1-3H3,(H,26,27)/t16-/m1/s1. The second-order valence-corrected chi connectivity index (χ2v) is 8.56. The zero-order valence-electron chi connectivity index (χ0n) is 16.5. The lowest BCUT2D eigenvalue weighted by Gasteiger charge is -2.20. The van der Waals surface area contributed by atoms with Gasteiger partial charge in [-0.05, 0) is 72.0 Å². The van der Waals surface area contributed by atoms with Crippen LogP contribution >= 0.6 is 0 Å². The van der Waals surface area contributed by atoms with Crippen LogP contribution < -0.4 is 4.72 Å². The third kappa shape index (κ3) is 4.36. The lowest BCUT2D eigenvalue weighted by atomic mass is 10.1. The van der Waals surface area contributed by atoms with Crippen molar-refractivity contribution in [3.05, 3.63) is 64.7 Å². The number of nitrogens with zero attached hydrogens (tertiary/aromatic N) is 4. The first kappa shape index (κ1) is 21.5. The Balaban J connectivity index is 2.00. The molecule has 3 aromatic rings. The average molecular weight is 433 g/mol. The van der Waals surface area contributed by atoms with Gasteiger partial charge in [-0.3, -0.25) is 4.79 Å². The Hall–Kier alpha value is -3.18. The summed E-state index contributed by atoms with van der Waals surface area (Å²) in [4.78, 5) is 11.7. The van der Waals surface area contributed by atoms with Gasteiger partial charge in [0.2, 0.25) is 10.0 Å². The smallest absolute Gasteiger partial charge is 0.322 e. The predicted octanol–water partition coefficient (Wildman–Crippen LogP) is 1.70. The number of aryl methyl sites for hydroxylation is 2. The van der Waals surface area contributed by atoms with Crippen molar-refractivity contribution in [1.82, 2.24) is 24.9 Å². The second kappa shape index (κ2) is 8.28. The molecule has 0 aliphatic rings. The molecule has 2 N–H and O–H groups in total. The Morgan fingerprint density at radius 2 is 1.87 bits per heavy atom. The van der Waals surface area contributed by atoms with Gasteiger partial charge < -0.3 is 5.11 Å². The average Bonchev–Trinajstić information content (AvgIpc) is 3.16. The SMILES string of the molecule is Cc1cc(C)c(S(=O)(=O)N[C@H](Cc2ccc(F)cc2)C(=O)O)c(C)c1-n1cnnn1. The number of benzene rings is 2. The van der Waals surface area contributed by atoms with Gasteiger partial charge in [0.1, 0.15) is 18.2 Å². The molecule has 158 valence electrons. The van der Waals surface area contributed by atoms with Crippen LogP contribution in [0, 0.1) is 26.6 Å². The van der Waals surface area contributed by atoms with Crippen LogP contribution in [0.1, 0.15) is 22.3 Å². The van der Waals surface area contributed by atoms with Crippen molar-refractivity contribution in [2.24, 2.45) is 0 Å². The quantitative estimate of drug-likeness (QED) is 0.580. The van der Waals surface area contributed by atoms with Gasteiger partial charge in [-0.1, -0.05) is 18.2 Å². The van der Waals surface area contributed by atoms with Crippen LogP contribution in [-0.4, -0.2) is 45.7 Å². The van der Waals surface area contributed by atoms with Crippen LogP contribution in [0.4, 0.5) is 4.39 Å². The lowest BCUT2D eigenvalue weighted by molar-refractivity contribution is -0.138. The molecule has 0 saturated heterocycles. The molecule has 1 atom stereocenters. The van der Waals surface area contributed by atoms with Crippen molar-refractivity contribution in [2.75, 3.05) is 0 Å². The number of hydrogen-bond donors (Lipinski definition) is 2. The number of carbonyl (C=O) groups is 1. The molecule has 9 nitrogen and oxygen atoms in total. The highest BCUT2D eigenvalue weighted by Crippen LogP contribution is 2.28. The van der Waals surface area contributed by atoms with Crippen molar-refractivity contribution >= 4 is 16.0 Å². The maximum atomic E-state index is 13.2. The van der Waals surface area contributed by atoms with Gasteiger partial charge in [0.15, 0.2) is 0 Å². The van der Waals surface area contributed by atoms with Crippen molar-refractivity contribution in [1.29, 1.82) is 0 Å². The van der Waals surface area contributed by atoms with Crippen LogP contribution in [0.3, 0.4) is 0 Å². The third-order valence-corrected chi connectivity index (χ3v) is 6.42. The molecule has 0 amide bonds. The number of tetrazole rings is 1. The van der Waals surface area contributed by atoms with Gasteiger partial charge in [-0.25, -0.2) is 12.8 Å². The number of nitrogens with one attached hydrogen (secondary N) is 1. The van der Waals surface area contributed by atoms with E-state index in [1.165, 1.54) is 35.3 Å². The summed E-state index contributed by atoms with van der Waals surface area (Å²) in [6.07, 6.45) is 1.21. The highest BCUT2D eigenvalue weighted by Gasteiger charge is 2.29. The summed E-state index contributed by atoms with van der Waals surface area (Å²) in [5, 5.41) is 20.5. The third-order valence-electron chi connectivity index (χ3n) is 4.66. The summed E-state index contributed by atoms with van der Waals surface area (Å²) in [7, 11) is -4.21. The molecule has 30 heavy (non-hydrogen) atoms. The van der Waals surface area contributed by atoms with Gasteiger partial charge in [0.25, 0.3) is 0 Å². The molecule has 0 radical (unpaired) electrons. The first-order valence-electron chi connectivity index (χ1n) is 8.94. The lowest BCUT2D eigenvalue weighted by Crippen LogP contribution is -2.42. The Kier molecular flexibility index (Phi) is 5.94. The van der Waals surface area contributed by atoms with E-state index >= 15 is 0 Å². The van der Waals surface area contributed by atoms with E-state index in [2.05, 4.69) is 20.2 Å². The maximum absolute atomic E-state index is 13.2. The van der Waals surface area contributed by atoms with Gasteiger partial charge in [0.05, 0.1) is 10.6 Å². The minimum atomic E-state index is -4.21. The fraction of sp³-hybridized carbons (Fsp3) is 0.263. The van der Waals surface area contributed by atoms with Crippen LogP contribution in [0.25, 0.3) is 5.69 Å². The van der Waals surface area contributed by atoms with Crippen molar-refractivity contribution in [3.63, 3.8) is 0 Å². The molecule has 0 aliphatic carbocycles. The number of halogens is 1. The van der Waals surface area contributed by atoms with Crippen molar-refractivity contribution in [3.8, 4) is 5.69 Å². The Bertz CT molecular complexity index is 1180. The molecular weight excluding hydrogens is 413 g/mol. The number of rotatable bonds is 7. The molecule has 0 spiro atoms. The summed E-state index contributed by atoms with van der Waals surface area (Å²) in [5.74, 6) is -1.81. The van der Waals surface area contributed by atoms with Crippen molar-refractivity contribution in [2.45, 2.75) is 38.1 Å². The normalized spacial score (nSPS) is 12.7. The highest BCUT2D eigenvalue weighted by molar-refractivity contribution is 7.89. The Morgan fingerprint density at radius 1 is 1.20 bits per heavy atom. The van der Waals surface area contributed by atoms with E-state index < -0.39 is 27.9 Å². The minimum Gasteiger partial charge on any atom is -0.480 e. The first-order chi connectivity index (χ1) is 14.1. The van der Waals surface area contributed by atoms with Crippen LogP contribution in [0.5, 0.6) is 0 Å². The molecule has 2 aromatic carbocycles. The molecule has 1 heterocycles. The van der Waals surface area contributed by atoms with E-state index in [-0.39, 0.29) is 11.3 Å².